The number of benzene rings is 3. The minimum Gasteiger partial charge on any atom is -0.442 e. The van der Waals surface area contributed by atoms with Crippen LogP contribution in [0.3, 0.4) is 0 Å². The lowest BCUT2D eigenvalue weighted by atomic mass is 10.0. The van der Waals surface area contributed by atoms with E-state index in [1.807, 2.05) is 30.3 Å². The van der Waals surface area contributed by atoms with Crippen LogP contribution in [0.2, 0.25) is 0 Å². The molecule has 35 heavy (non-hydrogen) atoms. The van der Waals surface area contributed by atoms with Gasteiger partial charge in [0.05, 0.1) is 18.8 Å². The van der Waals surface area contributed by atoms with Crippen molar-refractivity contribution >= 4 is 17.7 Å². The van der Waals surface area contributed by atoms with Crippen molar-refractivity contribution in [2.75, 3.05) is 31.6 Å². The van der Waals surface area contributed by atoms with Gasteiger partial charge in [0.15, 0.2) is 0 Å². The number of nitrogens with one attached hydrogen (secondary N) is 1. The van der Waals surface area contributed by atoms with E-state index in [0.29, 0.717) is 11.3 Å². The third kappa shape index (κ3) is 6.45. The summed E-state index contributed by atoms with van der Waals surface area (Å²) in [6.45, 7) is 3.71. The van der Waals surface area contributed by atoms with Crippen molar-refractivity contribution in [1.82, 2.24) is 10.2 Å². The Morgan fingerprint density at radius 1 is 1.09 bits per heavy atom. The second kappa shape index (κ2) is 11.1. The summed E-state index contributed by atoms with van der Waals surface area (Å²) in [6.07, 6.45) is -0.107. The Hall–Kier alpha value is -3.71. The molecule has 1 saturated heterocycles. The molecule has 0 bridgehead atoms. The molecule has 0 aliphatic carbocycles. The zero-order chi connectivity index (χ0) is 24.8. The van der Waals surface area contributed by atoms with Crippen LogP contribution in [0.1, 0.15) is 18.1 Å². The van der Waals surface area contributed by atoms with Crippen molar-refractivity contribution < 1.29 is 18.7 Å². The smallest absolute Gasteiger partial charge is 0.414 e. The maximum absolute atomic E-state index is 15.0. The Morgan fingerprint density at radius 2 is 1.83 bits per heavy atom. The summed E-state index contributed by atoms with van der Waals surface area (Å²) in [4.78, 5) is 27.0. The van der Waals surface area contributed by atoms with Crippen LogP contribution in [0.5, 0.6) is 0 Å². The van der Waals surface area contributed by atoms with E-state index in [-0.39, 0.29) is 19.0 Å². The van der Waals surface area contributed by atoms with Crippen LogP contribution >= 0.6 is 0 Å². The first-order chi connectivity index (χ1) is 16.9. The second-order valence-electron chi connectivity index (χ2n) is 8.89. The van der Waals surface area contributed by atoms with Gasteiger partial charge in [-0.15, -0.1) is 0 Å². The first-order valence-electron chi connectivity index (χ1n) is 11.7. The van der Waals surface area contributed by atoms with E-state index in [2.05, 4.69) is 41.5 Å². The number of rotatable bonds is 9. The lowest BCUT2D eigenvalue weighted by Gasteiger charge is -2.17. The molecule has 0 spiro atoms. The third-order valence-electron chi connectivity index (χ3n) is 6.06. The van der Waals surface area contributed by atoms with Crippen LogP contribution in [-0.2, 0) is 22.5 Å². The van der Waals surface area contributed by atoms with Gasteiger partial charge in [0.1, 0.15) is 11.9 Å². The summed E-state index contributed by atoms with van der Waals surface area (Å²) >= 11 is 0. The number of ether oxygens (including phenoxy) is 1. The van der Waals surface area contributed by atoms with Crippen LogP contribution in [-0.4, -0.2) is 49.7 Å². The first kappa shape index (κ1) is 24.4. The van der Waals surface area contributed by atoms with Gasteiger partial charge in [-0.2, -0.15) is 0 Å². The first-order valence-corrected chi connectivity index (χ1v) is 11.7. The van der Waals surface area contributed by atoms with Crippen molar-refractivity contribution in [3.05, 3.63) is 89.7 Å². The van der Waals surface area contributed by atoms with Gasteiger partial charge in [-0.1, -0.05) is 54.6 Å². The van der Waals surface area contributed by atoms with Crippen molar-refractivity contribution in [3.8, 4) is 11.1 Å². The topological polar surface area (TPSA) is 61.9 Å². The van der Waals surface area contributed by atoms with Crippen LogP contribution < -0.4 is 10.2 Å². The van der Waals surface area contributed by atoms with E-state index in [0.717, 1.165) is 25.1 Å². The lowest BCUT2D eigenvalue weighted by Crippen LogP contribution is -2.33. The molecular weight excluding hydrogens is 445 g/mol. The Balaban J connectivity index is 1.35. The van der Waals surface area contributed by atoms with Crippen molar-refractivity contribution in [3.63, 3.8) is 0 Å². The van der Waals surface area contributed by atoms with Crippen molar-refractivity contribution in [2.24, 2.45) is 0 Å². The molecule has 4 rings (SSSR count). The van der Waals surface area contributed by atoms with Gasteiger partial charge in [0.2, 0.25) is 5.91 Å². The van der Waals surface area contributed by atoms with Crippen molar-refractivity contribution in [1.29, 1.82) is 0 Å². The summed E-state index contributed by atoms with van der Waals surface area (Å²) in [6, 6.07) is 23.0. The molecule has 1 atom stereocenters. The molecule has 1 N–H and O–H groups in total. The Kier molecular flexibility index (Phi) is 7.77. The van der Waals surface area contributed by atoms with Crippen LogP contribution in [0.25, 0.3) is 11.1 Å². The predicted octanol–water partition coefficient (Wildman–Crippen LogP) is 4.63. The molecule has 6 nitrogen and oxygen atoms in total. The molecular formula is C28H30FN3O3. The lowest BCUT2D eigenvalue weighted by molar-refractivity contribution is -0.119. The quantitative estimate of drug-likeness (QED) is 0.490. The fraction of sp³-hybridized carbons (Fsp3) is 0.286. The molecule has 1 heterocycles. The fourth-order valence-electron chi connectivity index (χ4n) is 4.15. The molecule has 3 aromatic carbocycles. The Bertz CT molecular complexity index is 1170. The van der Waals surface area contributed by atoms with Gasteiger partial charge in [-0.3, -0.25) is 9.69 Å². The SMILES string of the molecule is CC(=O)NCC1CN(c2ccc(-c3ccc(CCN(C)Cc4ccccc4)cc3)c(F)c2)C(=O)O1. The molecule has 2 amide bonds. The van der Waals surface area contributed by atoms with E-state index >= 15 is 0 Å². The van der Waals surface area contributed by atoms with Gasteiger partial charge in [0, 0.05) is 25.6 Å². The van der Waals surface area contributed by atoms with Gasteiger partial charge in [-0.25, -0.2) is 9.18 Å². The maximum Gasteiger partial charge on any atom is 0.414 e. The zero-order valence-electron chi connectivity index (χ0n) is 20.0. The van der Waals surface area contributed by atoms with Gasteiger partial charge in [0.25, 0.3) is 0 Å². The summed E-state index contributed by atoms with van der Waals surface area (Å²) < 4.78 is 20.3. The van der Waals surface area contributed by atoms with Gasteiger partial charge >= 0.3 is 6.09 Å². The minimum absolute atomic E-state index is 0.194. The highest BCUT2D eigenvalue weighted by atomic mass is 19.1. The number of carbonyl (C=O) groups is 2. The highest BCUT2D eigenvalue weighted by molar-refractivity contribution is 5.90. The average molecular weight is 476 g/mol. The number of halogens is 1. The number of nitrogens with zero attached hydrogens (tertiary/aromatic N) is 2. The molecule has 1 fully saturated rings. The van der Waals surface area contributed by atoms with E-state index < -0.39 is 18.0 Å². The molecule has 0 saturated carbocycles. The summed E-state index contributed by atoms with van der Waals surface area (Å²) in [5, 5.41) is 2.63. The van der Waals surface area contributed by atoms with Crippen LogP contribution in [0.15, 0.2) is 72.8 Å². The Labute approximate surface area is 205 Å². The fourth-order valence-corrected chi connectivity index (χ4v) is 4.15. The number of likely N-dealkylation sites (N-methyl/N-ethyl adjacent to an activating group) is 1. The summed E-state index contributed by atoms with van der Waals surface area (Å²) in [5.41, 5.74) is 4.16. The van der Waals surface area contributed by atoms with Gasteiger partial charge in [-0.05, 0) is 48.4 Å². The maximum atomic E-state index is 15.0. The van der Waals surface area contributed by atoms with Crippen molar-refractivity contribution in [2.45, 2.75) is 26.0 Å². The summed E-state index contributed by atoms with van der Waals surface area (Å²) in [5.74, 6) is -0.601. The third-order valence-corrected chi connectivity index (χ3v) is 6.06. The molecule has 1 unspecified atom stereocenters. The average Bonchev–Trinajstić information content (AvgIpc) is 3.23. The van der Waals surface area contributed by atoms with E-state index in [1.165, 1.54) is 29.0 Å². The molecule has 1 aliphatic heterocycles. The highest BCUT2D eigenvalue weighted by Crippen LogP contribution is 2.29. The predicted molar refractivity (Wildman–Crippen MR) is 135 cm³/mol. The molecule has 1 aliphatic rings. The number of cyclic esters (lactones) is 1. The number of hydrogen-bond donors (Lipinski definition) is 1. The molecule has 7 heteroatoms. The van der Waals surface area contributed by atoms with Crippen LogP contribution in [0.4, 0.5) is 14.9 Å². The number of anilines is 1. The normalized spacial score (nSPS) is 15.4. The second-order valence-corrected chi connectivity index (χ2v) is 8.89. The Morgan fingerprint density at radius 3 is 2.51 bits per heavy atom. The summed E-state index contributed by atoms with van der Waals surface area (Å²) in [7, 11) is 2.11. The molecule has 0 aromatic heterocycles. The monoisotopic (exact) mass is 475 g/mol. The number of carbonyl (C=O) groups excluding carboxylic acids is 2. The number of amides is 2. The number of hydrogen-bond acceptors (Lipinski definition) is 4. The van der Waals surface area contributed by atoms with E-state index in [1.54, 1.807) is 12.1 Å². The zero-order valence-corrected chi connectivity index (χ0v) is 20.0. The molecule has 0 radical (unpaired) electrons. The standard InChI is InChI=1S/C28H30FN3O3/c1-20(33)30-17-25-19-32(28(34)35-25)24-12-13-26(27(29)16-24)23-10-8-21(9-11-23)14-15-31(2)18-22-6-4-3-5-7-22/h3-13,16,25H,14-15,17-19H2,1-2H3,(H,30,33). The largest absolute Gasteiger partial charge is 0.442 e. The van der Waals surface area contributed by atoms with Crippen LogP contribution in [0, 0.1) is 5.82 Å². The molecule has 3 aromatic rings. The molecule has 182 valence electrons. The van der Waals surface area contributed by atoms with Gasteiger partial charge < -0.3 is 15.0 Å². The highest BCUT2D eigenvalue weighted by Gasteiger charge is 2.32. The van der Waals surface area contributed by atoms with E-state index in [9.17, 15) is 14.0 Å². The van der Waals surface area contributed by atoms with E-state index in [4.69, 9.17) is 4.74 Å². The minimum atomic E-state index is -0.547.